The maximum Gasteiger partial charge on any atom is 0.305 e. The molecule has 1 fully saturated rings. The lowest BCUT2D eigenvalue weighted by Crippen LogP contribution is -2.60. The second kappa shape index (κ2) is 29.0. The first-order valence-corrected chi connectivity index (χ1v) is 22.1. The van der Waals surface area contributed by atoms with Crippen molar-refractivity contribution >= 4 is 103 Å². The molecule has 7 atom stereocenters. The fraction of sp³-hybridized carbons (Fsp3) is 0.553. The first kappa shape index (κ1) is 54.5. The largest absolute Gasteiger partial charge is 0.481 e. The van der Waals surface area contributed by atoms with Crippen LogP contribution in [-0.2, 0) is 54.4 Å². The van der Waals surface area contributed by atoms with Crippen LogP contribution in [0.1, 0.15) is 50.5 Å². The van der Waals surface area contributed by atoms with Crippen molar-refractivity contribution in [3.8, 4) is 0 Å². The fourth-order valence-electron chi connectivity index (χ4n) is 6.02. The number of nitrogens with two attached hydrogens (primary N) is 3. The molecule has 1 aliphatic heterocycles. The van der Waals surface area contributed by atoms with Crippen LogP contribution in [0.25, 0.3) is 0 Å². The summed E-state index contributed by atoms with van der Waals surface area (Å²) in [4.78, 5) is 137. The molecule has 1 heterocycles. The molecule has 0 aromatic heterocycles. The summed E-state index contributed by atoms with van der Waals surface area (Å²) in [5.74, 6) is -11.0. The Hall–Kier alpha value is -5.60. The number of rotatable bonds is 15. The normalized spacial score (nSPS) is 24.1. The van der Waals surface area contributed by atoms with E-state index in [1.54, 1.807) is 30.3 Å². The molecular weight excluding hydrogens is 897 g/mol. The van der Waals surface area contributed by atoms with Crippen LogP contribution >= 0.6 is 37.9 Å². The monoisotopic (exact) mass is 954 g/mol. The van der Waals surface area contributed by atoms with Gasteiger partial charge in [0.25, 0.3) is 0 Å². The number of carboxylic acids is 1. The molecule has 0 aliphatic carbocycles. The molecule has 2 rings (SSSR count). The van der Waals surface area contributed by atoms with E-state index in [4.69, 9.17) is 17.2 Å². The lowest BCUT2D eigenvalue weighted by Gasteiger charge is -2.26. The first-order chi connectivity index (χ1) is 30.4. The Morgan fingerprint density at radius 1 is 0.609 bits per heavy atom. The van der Waals surface area contributed by atoms with Gasteiger partial charge in [0.1, 0.15) is 36.3 Å². The van der Waals surface area contributed by atoms with Crippen LogP contribution in [-0.4, -0.2) is 149 Å². The van der Waals surface area contributed by atoms with Gasteiger partial charge in [0.2, 0.25) is 47.3 Å². The van der Waals surface area contributed by atoms with Gasteiger partial charge in [0, 0.05) is 30.2 Å². The first-order valence-electron chi connectivity index (χ1n) is 20.2. The average molecular weight is 955 g/mol. The lowest BCUT2D eigenvalue weighted by molar-refractivity contribution is -0.141. The maximum atomic E-state index is 13.8. The number of nitrogens with one attached hydrogen (secondary N) is 8. The molecule has 0 saturated carbocycles. The Bertz CT molecular complexity index is 1840. The van der Waals surface area contributed by atoms with E-state index >= 15 is 0 Å². The van der Waals surface area contributed by atoms with Gasteiger partial charge in [-0.1, -0.05) is 30.3 Å². The molecule has 0 unspecified atom stereocenters. The SMILES string of the molecule is NCCCC[C@@H]1NC(=O)CC(=O)[C@H](CS)NC(=O)[C@H](Cc2ccccc2)NC(=O)[C@H](CS)NC(=O)[C@H](CC(=O)O)NC(=O)CNC(=O)[C@H](CCCN=C(N)N)NC(=O)[C@H](CS)NC1=O. The van der Waals surface area contributed by atoms with Gasteiger partial charge >= 0.3 is 5.97 Å². The molecule has 15 N–H and O–H groups in total. The number of carbonyl (C=O) groups excluding carboxylic acids is 9. The summed E-state index contributed by atoms with van der Waals surface area (Å²) in [5, 5.41) is 28.9. The molecule has 1 aliphatic rings. The predicted octanol–water partition coefficient (Wildman–Crippen LogP) is -4.84. The summed E-state index contributed by atoms with van der Waals surface area (Å²) in [6, 6.07) is -1.66. The van der Waals surface area contributed by atoms with E-state index < -0.39 is 121 Å². The number of aliphatic imine (C=N–C) groups is 1. The van der Waals surface area contributed by atoms with Crippen LogP contribution in [0.2, 0.25) is 0 Å². The summed E-state index contributed by atoms with van der Waals surface area (Å²) >= 11 is 12.5. The highest BCUT2D eigenvalue weighted by Gasteiger charge is 2.34. The van der Waals surface area contributed by atoms with Crippen molar-refractivity contribution in [1.82, 2.24) is 42.5 Å². The number of hydrogen-bond acceptors (Lipinski definition) is 15. The second-order valence-corrected chi connectivity index (χ2v) is 15.6. The van der Waals surface area contributed by atoms with Crippen molar-refractivity contribution in [1.29, 1.82) is 0 Å². The molecule has 8 amide bonds. The third-order valence-electron chi connectivity index (χ3n) is 9.40. The Balaban J connectivity index is 2.58. The van der Waals surface area contributed by atoms with E-state index in [0.29, 0.717) is 18.4 Å². The van der Waals surface area contributed by atoms with Crippen molar-refractivity contribution in [2.45, 2.75) is 93.7 Å². The highest BCUT2D eigenvalue weighted by atomic mass is 32.1. The van der Waals surface area contributed by atoms with Gasteiger partial charge in [0.05, 0.1) is 25.4 Å². The number of carboxylic acid groups (broad SMARTS) is 1. The molecule has 23 nitrogen and oxygen atoms in total. The number of aliphatic carboxylic acids is 1. The van der Waals surface area contributed by atoms with Crippen molar-refractivity contribution in [2.75, 3.05) is 36.9 Å². The van der Waals surface area contributed by atoms with Crippen LogP contribution in [0.15, 0.2) is 35.3 Å². The van der Waals surface area contributed by atoms with Crippen LogP contribution in [0.3, 0.4) is 0 Å². The summed E-state index contributed by atoms with van der Waals surface area (Å²) in [7, 11) is 0. The smallest absolute Gasteiger partial charge is 0.305 e. The molecule has 0 bridgehead atoms. The number of unbranched alkanes of at least 4 members (excludes halogenated alkanes) is 1. The van der Waals surface area contributed by atoms with E-state index in [2.05, 4.69) is 85.4 Å². The Morgan fingerprint density at radius 2 is 1.09 bits per heavy atom. The van der Waals surface area contributed by atoms with Gasteiger partial charge in [-0.25, -0.2) is 0 Å². The molecule has 0 radical (unpaired) electrons. The molecule has 26 heteroatoms. The highest BCUT2D eigenvalue weighted by Crippen LogP contribution is 2.09. The van der Waals surface area contributed by atoms with Gasteiger partial charge in [-0.15, -0.1) is 0 Å². The van der Waals surface area contributed by atoms with E-state index in [1.165, 1.54) is 0 Å². The number of benzene rings is 1. The van der Waals surface area contributed by atoms with Crippen LogP contribution < -0.4 is 59.7 Å². The third kappa shape index (κ3) is 19.8. The fourth-order valence-corrected chi connectivity index (χ4v) is 6.83. The number of guanidine groups is 1. The van der Waals surface area contributed by atoms with Crippen LogP contribution in [0, 0.1) is 0 Å². The quantitative estimate of drug-likeness (QED) is 0.0258. The minimum atomic E-state index is -1.78. The van der Waals surface area contributed by atoms with Crippen molar-refractivity contribution < 1.29 is 53.1 Å². The number of nitrogens with zero attached hydrogens (tertiary/aromatic N) is 1. The molecule has 64 heavy (non-hydrogen) atoms. The standard InChI is InChI=1S/C38H58N12O11S3/c39-11-5-4-9-22-33(57)49-26(18-63)36(60)46-21(10-6-12-42-38(40)41)32(56)43-16-30(53)45-24(14-31(54)55)35(59)50-27(19-64)37(61)47-23(13-20-7-2-1-3-8-20)34(58)48-25(17-62)28(51)15-29(52)44-22/h1-3,7-8,21-27,62-64H,4-6,9-19,39H2,(H,43,56)(H,44,52)(H,45,53)(H,46,60)(H,47,61)(H,48,58)(H,49,57)(H,50,59)(H,54,55)(H4,40,41,42)/t21-,22-,23-,24-,25-,26-,27-/m0/s1. The Kier molecular flexibility index (Phi) is 24.7. The molecule has 1 saturated heterocycles. The molecule has 1 aromatic rings. The topological polar surface area (TPSA) is 378 Å². The summed E-state index contributed by atoms with van der Waals surface area (Å²) < 4.78 is 0. The average Bonchev–Trinajstić information content (AvgIpc) is 3.25. The zero-order chi connectivity index (χ0) is 47.8. The Labute approximate surface area is 385 Å². The number of amides is 8. The van der Waals surface area contributed by atoms with E-state index in [9.17, 15) is 53.1 Å². The number of Topliss-reactive ketones (excluding diaryl/α,β-unsaturated/α-hetero) is 1. The zero-order valence-electron chi connectivity index (χ0n) is 34.9. The van der Waals surface area contributed by atoms with E-state index in [1.807, 2.05) is 0 Å². The highest BCUT2D eigenvalue weighted by molar-refractivity contribution is 7.80. The molecule has 354 valence electrons. The Morgan fingerprint density at radius 3 is 1.66 bits per heavy atom. The molecule has 0 spiro atoms. The summed E-state index contributed by atoms with van der Waals surface area (Å²) in [5.41, 5.74) is 17.0. The van der Waals surface area contributed by atoms with Crippen molar-refractivity contribution in [3.05, 3.63) is 35.9 Å². The van der Waals surface area contributed by atoms with E-state index in [0.717, 1.165) is 0 Å². The van der Waals surface area contributed by atoms with Gasteiger partial charge in [-0.2, -0.15) is 37.9 Å². The predicted molar refractivity (Wildman–Crippen MR) is 243 cm³/mol. The molecular formula is C38H58N12O11S3. The van der Waals surface area contributed by atoms with Crippen LogP contribution in [0.5, 0.6) is 0 Å². The molecule has 1 aromatic carbocycles. The number of ketones is 1. The van der Waals surface area contributed by atoms with Crippen LogP contribution in [0.4, 0.5) is 0 Å². The van der Waals surface area contributed by atoms with Gasteiger partial charge < -0.3 is 64.8 Å². The van der Waals surface area contributed by atoms with Crippen molar-refractivity contribution in [2.24, 2.45) is 22.2 Å². The number of hydrogen-bond donors (Lipinski definition) is 15. The summed E-state index contributed by atoms with van der Waals surface area (Å²) in [6.45, 7) is -0.519. The van der Waals surface area contributed by atoms with Gasteiger partial charge in [-0.3, -0.25) is 52.9 Å². The number of thiol groups is 3. The zero-order valence-corrected chi connectivity index (χ0v) is 37.6. The van der Waals surface area contributed by atoms with Gasteiger partial charge in [0.15, 0.2) is 11.7 Å². The lowest BCUT2D eigenvalue weighted by atomic mass is 10.0. The van der Waals surface area contributed by atoms with Gasteiger partial charge in [-0.05, 0) is 44.2 Å². The maximum absolute atomic E-state index is 13.8. The van der Waals surface area contributed by atoms with E-state index in [-0.39, 0.29) is 62.0 Å². The number of carbonyl (C=O) groups is 10. The van der Waals surface area contributed by atoms with Crippen molar-refractivity contribution in [3.63, 3.8) is 0 Å². The second-order valence-electron chi connectivity index (χ2n) is 14.5. The third-order valence-corrected chi connectivity index (χ3v) is 10.5. The summed E-state index contributed by atoms with van der Waals surface area (Å²) in [6.07, 6.45) is -1.01. The minimum absolute atomic E-state index is 0.0357. The minimum Gasteiger partial charge on any atom is -0.481 e.